The van der Waals surface area contributed by atoms with Gasteiger partial charge in [0, 0.05) is 7.05 Å². The van der Waals surface area contributed by atoms with Crippen molar-refractivity contribution in [1.29, 1.82) is 0 Å². The molecule has 2 aliphatic rings. The molecule has 3 amide bonds. The number of nitrogens with one attached hydrogen (secondary N) is 1. The highest BCUT2D eigenvalue weighted by molar-refractivity contribution is 8.18. The molecular formula is C22H16N4O5S2. The normalized spacial score (nSPS) is 21.2. The maximum atomic E-state index is 13.1. The van der Waals surface area contributed by atoms with Crippen LogP contribution in [-0.4, -0.2) is 51.0 Å². The molecule has 2 N–H and O–H groups in total. The standard InChI is InChI=1S/C22H16N4O5S2/c1-25-19(29)16(33-22(25)23-13-7-5-6-12(10-13)20(30)31)11-15-17(27)24-21(32)26(18(15)28)14-8-3-2-4-9-14/h2-11,15H,1H3,(H,30,31)(H,24,27,32)/b16-11-,23-22?. The molecule has 11 heteroatoms. The van der Waals surface area contributed by atoms with E-state index in [1.807, 2.05) is 0 Å². The molecule has 2 heterocycles. The zero-order valence-electron chi connectivity index (χ0n) is 17.1. The molecule has 2 aromatic carbocycles. The third-order valence-electron chi connectivity index (χ3n) is 4.86. The number of aliphatic imine (C=N–C) groups is 1. The first-order valence-electron chi connectivity index (χ1n) is 9.60. The molecule has 4 rings (SSSR count). The van der Waals surface area contributed by atoms with Crippen LogP contribution in [0.5, 0.6) is 0 Å². The minimum absolute atomic E-state index is 0.0334. The van der Waals surface area contributed by atoms with E-state index in [0.29, 0.717) is 11.4 Å². The Morgan fingerprint density at radius 2 is 1.88 bits per heavy atom. The molecule has 0 spiro atoms. The van der Waals surface area contributed by atoms with Crippen molar-refractivity contribution in [2.45, 2.75) is 0 Å². The van der Waals surface area contributed by atoms with Gasteiger partial charge in [-0.25, -0.2) is 9.79 Å². The smallest absolute Gasteiger partial charge is 0.335 e. The summed E-state index contributed by atoms with van der Waals surface area (Å²) in [5, 5.41) is 11.9. The number of benzene rings is 2. The van der Waals surface area contributed by atoms with Gasteiger partial charge in [-0.15, -0.1) is 0 Å². The van der Waals surface area contributed by atoms with Crippen molar-refractivity contribution in [1.82, 2.24) is 10.2 Å². The molecule has 166 valence electrons. The fourth-order valence-corrected chi connectivity index (χ4v) is 4.49. The molecule has 2 saturated heterocycles. The number of para-hydroxylation sites is 1. The van der Waals surface area contributed by atoms with Gasteiger partial charge >= 0.3 is 5.97 Å². The van der Waals surface area contributed by atoms with Crippen LogP contribution in [0, 0.1) is 5.92 Å². The van der Waals surface area contributed by atoms with Crippen LogP contribution in [0.15, 0.2) is 70.6 Å². The lowest BCUT2D eigenvalue weighted by Crippen LogP contribution is -2.57. The number of rotatable bonds is 4. The summed E-state index contributed by atoms with van der Waals surface area (Å²) in [7, 11) is 1.50. The Labute approximate surface area is 197 Å². The molecule has 0 aliphatic carbocycles. The number of aromatic carboxylic acids is 1. The molecule has 0 aromatic heterocycles. The molecule has 33 heavy (non-hydrogen) atoms. The van der Waals surface area contributed by atoms with Gasteiger partial charge in [0.2, 0.25) is 11.8 Å². The molecule has 9 nitrogen and oxygen atoms in total. The summed E-state index contributed by atoms with van der Waals surface area (Å²) in [4.78, 5) is 56.6. The predicted molar refractivity (Wildman–Crippen MR) is 127 cm³/mol. The van der Waals surface area contributed by atoms with Crippen LogP contribution in [0.4, 0.5) is 11.4 Å². The molecule has 0 saturated carbocycles. The van der Waals surface area contributed by atoms with Gasteiger partial charge in [-0.3, -0.25) is 24.2 Å². The quantitative estimate of drug-likeness (QED) is 0.392. The minimum atomic E-state index is -1.26. The van der Waals surface area contributed by atoms with E-state index in [9.17, 15) is 19.2 Å². The van der Waals surface area contributed by atoms with Gasteiger partial charge in [-0.2, -0.15) is 0 Å². The topological polar surface area (TPSA) is 119 Å². The average Bonchev–Trinajstić information content (AvgIpc) is 3.05. The maximum Gasteiger partial charge on any atom is 0.335 e. The van der Waals surface area contributed by atoms with E-state index in [-0.39, 0.29) is 20.7 Å². The number of nitrogens with zero attached hydrogens (tertiary/aromatic N) is 3. The lowest BCUT2D eigenvalue weighted by molar-refractivity contribution is -0.131. The van der Waals surface area contributed by atoms with Gasteiger partial charge in [-0.05, 0) is 60.4 Å². The van der Waals surface area contributed by atoms with E-state index < -0.39 is 29.6 Å². The highest BCUT2D eigenvalue weighted by Crippen LogP contribution is 2.34. The zero-order chi connectivity index (χ0) is 23.7. The number of carboxylic acid groups (broad SMARTS) is 1. The summed E-state index contributed by atoms with van der Waals surface area (Å²) in [6.45, 7) is 0. The van der Waals surface area contributed by atoms with E-state index >= 15 is 0 Å². The number of anilines is 1. The lowest BCUT2D eigenvalue weighted by atomic mass is 10.0. The number of hydrogen-bond acceptors (Lipinski definition) is 7. The third-order valence-corrected chi connectivity index (χ3v) is 6.22. The predicted octanol–water partition coefficient (Wildman–Crippen LogP) is 2.53. The molecule has 2 fully saturated rings. The van der Waals surface area contributed by atoms with Crippen molar-refractivity contribution in [3.8, 4) is 0 Å². The second kappa shape index (κ2) is 8.96. The Hall–Kier alpha value is -3.83. The summed E-state index contributed by atoms with van der Waals surface area (Å²) in [5.41, 5.74) is 0.912. The summed E-state index contributed by atoms with van der Waals surface area (Å²) in [6, 6.07) is 14.6. The first-order chi connectivity index (χ1) is 15.8. The van der Waals surface area contributed by atoms with E-state index in [0.717, 1.165) is 11.8 Å². The van der Waals surface area contributed by atoms with Gasteiger partial charge in [-0.1, -0.05) is 24.3 Å². The summed E-state index contributed by atoms with van der Waals surface area (Å²) in [6.07, 6.45) is 1.30. The van der Waals surface area contributed by atoms with Crippen molar-refractivity contribution in [2.75, 3.05) is 11.9 Å². The monoisotopic (exact) mass is 480 g/mol. The second-order valence-corrected chi connectivity index (χ2v) is 8.42. The Morgan fingerprint density at radius 3 is 2.58 bits per heavy atom. The number of carboxylic acids is 1. The fourth-order valence-electron chi connectivity index (χ4n) is 3.19. The van der Waals surface area contributed by atoms with Gasteiger partial charge in [0.25, 0.3) is 5.91 Å². The van der Waals surface area contributed by atoms with Crippen molar-refractivity contribution in [2.24, 2.45) is 10.9 Å². The van der Waals surface area contributed by atoms with Crippen LogP contribution in [0.1, 0.15) is 10.4 Å². The number of thiocarbonyl (C=S) groups is 1. The van der Waals surface area contributed by atoms with E-state index in [1.165, 1.54) is 35.1 Å². The van der Waals surface area contributed by atoms with Crippen molar-refractivity contribution < 1.29 is 24.3 Å². The largest absolute Gasteiger partial charge is 0.478 e. The van der Waals surface area contributed by atoms with Crippen LogP contribution in [-0.2, 0) is 14.4 Å². The summed E-state index contributed by atoms with van der Waals surface area (Å²) in [5.74, 6) is -3.98. The van der Waals surface area contributed by atoms with Gasteiger partial charge in [0.1, 0.15) is 5.92 Å². The van der Waals surface area contributed by atoms with Crippen molar-refractivity contribution in [3.05, 3.63) is 71.1 Å². The van der Waals surface area contributed by atoms with Gasteiger partial charge < -0.3 is 10.4 Å². The number of carbonyl (C=O) groups excluding carboxylic acids is 3. The fraction of sp³-hybridized carbons (Fsp3) is 0.0909. The first-order valence-corrected chi connectivity index (χ1v) is 10.8. The van der Waals surface area contributed by atoms with Gasteiger partial charge in [0.05, 0.1) is 21.8 Å². The number of amidine groups is 1. The summed E-state index contributed by atoms with van der Waals surface area (Å²) >= 11 is 6.16. The molecule has 1 atom stereocenters. The molecular weight excluding hydrogens is 464 g/mol. The van der Waals surface area contributed by atoms with Crippen LogP contribution >= 0.6 is 24.0 Å². The Morgan fingerprint density at radius 1 is 1.15 bits per heavy atom. The van der Waals surface area contributed by atoms with Crippen LogP contribution < -0.4 is 10.2 Å². The highest BCUT2D eigenvalue weighted by Gasteiger charge is 2.40. The molecule has 1 unspecified atom stereocenters. The highest BCUT2D eigenvalue weighted by atomic mass is 32.2. The minimum Gasteiger partial charge on any atom is -0.478 e. The maximum absolute atomic E-state index is 13.1. The van der Waals surface area contributed by atoms with Gasteiger partial charge in [0.15, 0.2) is 10.3 Å². The SMILES string of the molecule is CN1C(=O)/C(=C/C2C(=O)NC(=S)N(c3ccccc3)C2=O)SC1=Nc1cccc(C(=O)O)c1. The Kier molecular flexibility index (Phi) is 6.07. The molecule has 0 bridgehead atoms. The zero-order valence-corrected chi connectivity index (χ0v) is 18.7. The third kappa shape index (κ3) is 4.41. The lowest BCUT2D eigenvalue weighted by Gasteiger charge is -2.31. The first kappa shape index (κ1) is 22.4. The summed E-state index contributed by atoms with van der Waals surface area (Å²) < 4.78 is 0. The number of carbonyl (C=O) groups is 4. The Bertz CT molecular complexity index is 1260. The average molecular weight is 481 g/mol. The number of hydrogen-bond donors (Lipinski definition) is 2. The molecule has 2 aromatic rings. The van der Waals surface area contributed by atoms with Crippen LogP contribution in [0.2, 0.25) is 0 Å². The van der Waals surface area contributed by atoms with E-state index in [2.05, 4.69) is 10.3 Å². The Balaban J connectivity index is 1.63. The molecule has 0 radical (unpaired) electrons. The molecule has 2 aliphatic heterocycles. The number of likely N-dealkylation sites (N-methyl/N-ethyl adjacent to an activating group) is 1. The van der Waals surface area contributed by atoms with E-state index in [4.69, 9.17) is 17.3 Å². The number of thioether (sulfide) groups is 1. The van der Waals surface area contributed by atoms with Crippen LogP contribution in [0.3, 0.4) is 0 Å². The van der Waals surface area contributed by atoms with Crippen LogP contribution in [0.25, 0.3) is 0 Å². The second-order valence-electron chi connectivity index (χ2n) is 7.03. The number of amides is 3. The van der Waals surface area contributed by atoms with Crippen molar-refractivity contribution in [3.63, 3.8) is 0 Å². The van der Waals surface area contributed by atoms with Crippen molar-refractivity contribution >= 4 is 69.3 Å². The van der Waals surface area contributed by atoms with E-state index in [1.54, 1.807) is 42.5 Å².